The number of unbranched alkanes of at least 4 members (excludes halogenated alkanes) is 1. The maximum absolute atomic E-state index is 11.6. The van der Waals surface area contributed by atoms with E-state index >= 15 is 0 Å². The van der Waals surface area contributed by atoms with E-state index in [0.717, 1.165) is 23.7 Å². The van der Waals surface area contributed by atoms with Gasteiger partial charge in [0.25, 0.3) is 0 Å². The average Bonchev–Trinajstić information content (AvgIpc) is 2.78. The highest BCUT2D eigenvalue weighted by atomic mass is 32.2. The van der Waals surface area contributed by atoms with Crippen molar-refractivity contribution in [2.45, 2.75) is 44.8 Å². The van der Waals surface area contributed by atoms with E-state index in [1.54, 1.807) is 0 Å². The molecule has 0 unspecified atom stereocenters. The Morgan fingerprint density at radius 1 is 1.26 bits per heavy atom. The highest BCUT2D eigenvalue weighted by Gasteiger charge is 2.28. The minimum Gasteiger partial charge on any atom is -0.304 e. The van der Waals surface area contributed by atoms with Crippen LogP contribution in [0.1, 0.15) is 38.7 Å². The smallest absolute Gasteiger partial charge is 0.239 e. The second kappa shape index (κ2) is 6.75. The molecule has 1 atom stereocenters. The summed E-state index contributed by atoms with van der Waals surface area (Å²) in [6.07, 6.45) is 4.39. The van der Waals surface area contributed by atoms with Gasteiger partial charge in [-0.05, 0) is 37.0 Å². The number of amides is 1. The van der Waals surface area contributed by atoms with Gasteiger partial charge < -0.3 is 5.32 Å². The van der Waals surface area contributed by atoms with Crippen LogP contribution in [0.15, 0.2) is 29.3 Å². The largest absolute Gasteiger partial charge is 0.304 e. The molecule has 1 heterocycles. The highest BCUT2D eigenvalue weighted by molar-refractivity contribution is 8.15. The number of amidine groups is 1. The molecule has 0 bridgehead atoms. The maximum atomic E-state index is 11.6. The van der Waals surface area contributed by atoms with E-state index in [0.29, 0.717) is 0 Å². The zero-order chi connectivity index (χ0) is 13.7. The Balaban J connectivity index is 2.01. The molecule has 0 aliphatic carbocycles. The van der Waals surface area contributed by atoms with Crippen LogP contribution in [0.2, 0.25) is 0 Å². The summed E-state index contributed by atoms with van der Waals surface area (Å²) >= 11 is 1.52. The number of aryl methyl sites for hydroxylation is 1. The third-order valence-electron chi connectivity index (χ3n) is 3.13. The fourth-order valence-electron chi connectivity index (χ4n) is 1.96. The van der Waals surface area contributed by atoms with E-state index in [1.165, 1.54) is 30.2 Å². The van der Waals surface area contributed by atoms with Gasteiger partial charge in [-0.1, -0.05) is 44.2 Å². The quantitative estimate of drug-likeness (QED) is 0.891. The fourth-order valence-corrected chi connectivity index (χ4v) is 2.88. The van der Waals surface area contributed by atoms with Crippen LogP contribution in [-0.4, -0.2) is 16.3 Å². The van der Waals surface area contributed by atoms with Crippen molar-refractivity contribution < 1.29 is 4.79 Å². The first-order valence-corrected chi connectivity index (χ1v) is 7.76. The van der Waals surface area contributed by atoms with E-state index in [9.17, 15) is 4.79 Å². The summed E-state index contributed by atoms with van der Waals surface area (Å²) in [5, 5.41) is 3.56. The number of hydrogen-bond acceptors (Lipinski definition) is 3. The lowest BCUT2D eigenvalue weighted by Gasteiger charge is -2.01. The van der Waals surface area contributed by atoms with Crippen molar-refractivity contribution in [3.63, 3.8) is 0 Å². The number of carbonyl (C=O) groups is 1. The van der Waals surface area contributed by atoms with E-state index in [1.807, 2.05) is 19.1 Å². The van der Waals surface area contributed by atoms with Crippen LogP contribution in [0.5, 0.6) is 0 Å². The van der Waals surface area contributed by atoms with Crippen molar-refractivity contribution in [3.05, 3.63) is 29.8 Å². The first-order chi connectivity index (χ1) is 9.22. The first kappa shape index (κ1) is 14.1. The van der Waals surface area contributed by atoms with Gasteiger partial charge in [0.05, 0.1) is 10.9 Å². The summed E-state index contributed by atoms with van der Waals surface area (Å²) in [4.78, 5) is 16.0. The van der Waals surface area contributed by atoms with Crippen LogP contribution in [0.25, 0.3) is 0 Å². The van der Waals surface area contributed by atoms with Crippen molar-refractivity contribution in [3.8, 4) is 0 Å². The van der Waals surface area contributed by atoms with Crippen LogP contribution in [0.4, 0.5) is 5.69 Å². The van der Waals surface area contributed by atoms with Crippen molar-refractivity contribution in [1.29, 1.82) is 0 Å². The molecule has 1 N–H and O–H groups in total. The molecule has 1 saturated heterocycles. The van der Waals surface area contributed by atoms with Crippen molar-refractivity contribution in [2.75, 3.05) is 0 Å². The van der Waals surface area contributed by atoms with Crippen molar-refractivity contribution in [1.82, 2.24) is 5.32 Å². The minimum absolute atomic E-state index is 0.0163. The predicted octanol–water partition coefficient (Wildman–Crippen LogP) is 3.66. The number of thioether (sulfide) groups is 1. The average molecular weight is 276 g/mol. The van der Waals surface area contributed by atoms with Crippen LogP contribution in [0.3, 0.4) is 0 Å². The summed E-state index contributed by atoms with van der Waals surface area (Å²) in [6.45, 7) is 4.22. The van der Waals surface area contributed by atoms with Gasteiger partial charge in [-0.25, -0.2) is 4.99 Å². The van der Waals surface area contributed by atoms with Crippen LogP contribution in [-0.2, 0) is 11.2 Å². The third-order valence-corrected chi connectivity index (χ3v) is 4.38. The highest BCUT2D eigenvalue weighted by Crippen LogP contribution is 2.25. The molecule has 4 heteroatoms. The van der Waals surface area contributed by atoms with Gasteiger partial charge >= 0.3 is 0 Å². The molecular formula is C15H20N2OS. The summed E-state index contributed by atoms with van der Waals surface area (Å²) in [7, 11) is 0. The SMILES string of the molecule is CCCCc1ccc(N=C2NC(=O)[C@@H](CC)S2)cc1. The lowest BCUT2D eigenvalue weighted by molar-refractivity contribution is -0.118. The molecule has 1 aliphatic rings. The number of benzene rings is 1. The van der Waals surface area contributed by atoms with E-state index in [4.69, 9.17) is 0 Å². The van der Waals surface area contributed by atoms with Gasteiger partial charge in [0, 0.05) is 0 Å². The number of nitrogens with zero attached hydrogens (tertiary/aromatic N) is 1. The molecule has 1 amide bonds. The number of aliphatic imine (C=N–C) groups is 1. The second-order valence-corrected chi connectivity index (χ2v) is 5.88. The van der Waals surface area contributed by atoms with Gasteiger partial charge in [-0.3, -0.25) is 4.79 Å². The molecule has 1 aromatic carbocycles. The van der Waals surface area contributed by atoms with Crippen LogP contribution in [0, 0.1) is 0 Å². The Hall–Kier alpha value is -1.29. The Kier molecular flexibility index (Phi) is 5.02. The normalized spacial score (nSPS) is 20.8. The van der Waals surface area contributed by atoms with Gasteiger partial charge in [0.2, 0.25) is 5.91 Å². The van der Waals surface area contributed by atoms with Crippen LogP contribution < -0.4 is 5.32 Å². The number of nitrogens with one attached hydrogen (secondary N) is 1. The molecule has 19 heavy (non-hydrogen) atoms. The molecule has 0 saturated carbocycles. The second-order valence-electron chi connectivity index (χ2n) is 4.69. The number of hydrogen-bond donors (Lipinski definition) is 1. The van der Waals surface area contributed by atoms with E-state index in [2.05, 4.69) is 29.4 Å². The zero-order valence-electron chi connectivity index (χ0n) is 11.5. The molecule has 1 fully saturated rings. The third kappa shape index (κ3) is 3.83. The molecule has 2 rings (SSSR count). The molecule has 3 nitrogen and oxygen atoms in total. The molecule has 1 aromatic rings. The Bertz CT molecular complexity index is 468. The molecule has 0 spiro atoms. The van der Waals surface area contributed by atoms with Gasteiger partial charge in [-0.2, -0.15) is 0 Å². The molecule has 1 aliphatic heterocycles. The topological polar surface area (TPSA) is 41.5 Å². The summed E-state index contributed by atoms with van der Waals surface area (Å²) in [5.74, 6) is 0.0748. The molecule has 102 valence electrons. The van der Waals surface area contributed by atoms with Crippen LogP contribution >= 0.6 is 11.8 Å². The summed E-state index contributed by atoms with van der Waals surface area (Å²) in [5.41, 5.74) is 2.25. The van der Waals surface area contributed by atoms with Crippen molar-refractivity contribution in [2.24, 2.45) is 4.99 Å². The van der Waals surface area contributed by atoms with E-state index < -0.39 is 0 Å². The van der Waals surface area contributed by atoms with Gasteiger partial charge in [-0.15, -0.1) is 0 Å². The summed E-state index contributed by atoms with van der Waals surface area (Å²) < 4.78 is 0. The Labute approximate surface area is 118 Å². The van der Waals surface area contributed by atoms with Crippen molar-refractivity contribution >= 4 is 28.5 Å². The predicted molar refractivity (Wildman–Crippen MR) is 82.0 cm³/mol. The summed E-state index contributed by atoms with van der Waals surface area (Å²) in [6, 6.07) is 8.27. The zero-order valence-corrected chi connectivity index (χ0v) is 12.3. The fraction of sp³-hybridized carbons (Fsp3) is 0.467. The Morgan fingerprint density at radius 2 is 2.00 bits per heavy atom. The lowest BCUT2D eigenvalue weighted by atomic mass is 10.1. The van der Waals surface area contributed by atoms with Gasteiger partial charge in [0.1, 0.15) is 0 Å². The lowest BCUT2D eigenvalue weighted by Crippen LogP contribution is -2.24. The number of carbonyl (C=O) groups excluding carboxylic acids is 1. The molecule has 0 radical (unpaired) electrons. The standard InChI is InChI=1S/C15H20N2OS/c1-3-5-6-11-7-9-12(10-8-11)16-15-17-14(18)13(4-2)19-15/h7-10,13H,3-6H2,1-2H3,(H,16,17,18)/t13-/m1/s1. The molecular weight excluding hydrogens is 256 g/mol. The molecule has 0 aromatic heterocycles. The number of rotatable bonds is 5. The maximum Gasteiger partial charge on any atom is 0.239 e. The minimum atomic E-state index is 0.0163. The first-order valence-electron chi connectivity index (χ1n) is 6.88. The van der Waals surface area contributed by atoms with E-state index in [-0.39, 0.29) is 11.2 Å². The Morgan fingerprint density at radius 3 is 2.58 bits per heavy atom. The van der Waals surface area contributed by atoms with Gasteiger partial charge in [0.15, 0.2) is 5.17 Å². The monoisotopic (exact) mass is 276 g/mol.